The van der Waals surface area contributed by atoms with Gasteiger partial charge in [0, 0.05) is 18.3 Å². The summed E-state index contributed by atoms with van der Waals surface area (Å²) in [5, 5.41) is 0. The molecule has 4 heteroatoms. The van der Waals surface area contributed by atoms with Gasteiger partial charge in [0.25, 0.3) is 5.78 Å². The van der Waals surface area contributed by atoms with Crippen molar-refractivity contribution in [2.45, 2.75) is 31.6 Å². The van der Waals surface area contributed by atoms with Crippen LogP contribution in [-0.4, -0.2) is 24.0 Å². The zero-order valence-corrected chi connectivity index (χ0v) is 11.6. The van der Waals surface area contributed by atoms with E-state index < -0.39 is 23.3 Å². The van der Waals surface area contributed by atoms with Crippen molar-refractivity contribution in [1.82, 2.24) is 0 Å². The van der Waals surface area contributed by atoms with E-state index in [0.717, 1.165) is 30.8 Å². The Morgan fingerprint density at radius 2 is 1.81 bits per heavy atom. The molecule has 3 aliphatic rings. The zero-order chi connectivity index (χ0) is 14.6. The van der Waals surface area contributed by atoms with Gasteiger partial charge in [-0.15, -0.1) is 0 Å². The Balaban J connectivity index is 1.60. The normalized spacial score (nSPS) is 31.0. The van der Waals surface area contributed by atoms with Crippen LogP contribution in [0.5, 0.6) is 5.75 Å². The monoisotopic (exact) mass is 284 g/mol. The van der Waals surface area contributed by atoms with Crippen molar-refractivity contribution < 1.29 is 19.1 Å². The van der Waals surface area contributed by atoms with Gasteiger partial charge in [-0.25, -0.2) is 0 Å². The predicted octanol–water partition coefficient (Wildman–Crippen LogP) is 1.84. The number of rotatable bonds is 1. The topological polar surface area (TPSA) is 60.4 Å². The van der Waals surface area contributed by atoms with E-state index in [0.29, 0.717) is 12.8 Å². The van der Waals surface area contributed by atoms with E-state index in [1.54, 1.807) is 0 Å². The number of ketones is 3. The molecule has 1 heterocycles. The Morgan fingerprint density at radius 3 is 2.67 bits per heavy atom. The lowest BCUT2D eigenvalue weighted by molar-refractivity contribution is -0.141. The number of Topliss-reactive ketones (excluding diaryl/α,β-unsaturated/α-hetero) is 3. The number of carbonyl (C=O) groups is 3. The van der Waals surface area contributed by atoms with E-state index in [1.165, 1.54) is 5.56 Å². The second kappa shape index (κ2) is 4.52. The maximum atomic E-state index is 11.9. The van der Waals surface area contributed by atoms with Crippen molar-refractivity contribution >= 4 is 17.3 Å². The molecule has 1 aromatic carbocycles. The first-order valence-corrected chi connectivity index (χ1v) is 7.53. The van der Waals surface area contributed by atoms with Crippen molar-refractivity contribution in [1.29, 1.82) is 0 Å². The molecule has 1 aromatic rings. The molecule has 0 saturated heterocycles. The van der Waals surface area contributed by atoms with Gasteiger partial charge in [0.1, 0.15) is 5.75 Å². The Hall–Kier alpha value is -1.97. The zero-order valence-electron chi connectivity index (χ0n) is 11.6. The van der Waals surface area contributed by atoms with E-state index in [2.05, 4.69) is 18.2 Å². The lowest BCUT2D eigenvalue weighted by atomic mass is 9.73. The molecule has 3 unspecified atom stereocenters. The van der Waals surface area contributed by atoms with Gasteiger partial charge in [0.15, 0.2) is 0 Å². The fourth-order valence-electron chi connectivity index (χ4n) is 3.97. The Bertz CT molecular complexity index is 661. The third-order valence-corrected chi connectivity index (χ3v) is 5.16. The summed E-state index contributed by atoms with van der Waals surface area (Å²) >= 11 is 0. The summed E-state index contributed by atoms with van der Waals surface area (Å²) in [6, 6.07) is 6.26. The molecule has 2 fully saturated rings. The molecular weight excluding hydrogens is 268 g/mol. The van der Waals surface area contributed by atoms with Crippen LogP contribution in [0.25, 0.3) is 0 Å². The van der Waals surface area contributed by atoms with Crippen LogP contribution in [-0.2, 0) is 20.8 Å². The summed E-state index contributed by atoms with van der Waals surface area (Å²) in [7, 11) is 0. The highest BCUT2D eigenvalue weighted by Crippen LogP contribution is 2.44. The fourth-order valence-corrected chi connectivity index (χ4v) is 3.97. The predicted molar refractivity (Wildman–Crippen MR) is 74.2 cm³/mol. The molecule has 4 rings (SSSR count). The smallest absolute Gasteiger partial charge is 0.264 e. The molecular formula is C17H16O4. The van der Waals surface area contributed by atoms with Crippen molar-refractivity contribution in [3.05, 3.63) is 29.3 Å². The number of carbonyl (C=O) groups excluding carboxylic acids is 3. The lowest BCUT2D eigenvalue weighted by Gasteiger charge is -2.29. The molecule has 0 aromatic heterocycles. The molecule has 2 saturated carbocycles. The standard InChI is InChI=1S/C17H16O4/c18-15-12-4-3-10(7-13(12)16(19)17(15)20)11-2-1-9-5-6-21-14(9)8-11/h1-2,8,10,12-13H,3-7H2. The lowest BCUT2D eigenvalue weighted by Crippen LogP contribution is -2.26. The number of benzene rings is 1. The highest BCUT2D eigenvalue weighted by atomic mass is 16.5. The largest absolute Gasteiger partial charge is 0.493 e. The number of hydrogen-bond donors (Lipinski definition) is 0. The van der Waals surface area contributed by atoms with Crippen LogP contribution >= 0.6 is 0 Å². The van der Waals surface area contributed by atoms with Gasteiger partial charge in [0.2, 0.25) is 11.6 Å². The summed E-state index contributed by atoms with van der Waals surface area (Å²) in [6.07, 6.45) is 3.06. The van der Waals surface area contributed by atoms with Gasteiger partial charge >= 0.3 is 0 Å². The Labute approximate surface area is 122 Å². The minimum atomic E-state index is -0.775. The maximum Gasteiger partial charge on any atom is 0.264 e. The highest BCUT2D eigenvalue weighted by molar-refractivity contribution is 6.68. The van der Waals surface area contributed by atoms with E-state index in [4.69, 9.17) is 4.74 Å². The fraction of sp³-hybridized carbons (Fsp3) is 0.471. The molecule has 0 bridgehead atoms. The summed E-state index contributed by atoms with van der Waals surface area (Å²) in [6.45, 7) is 0.732. The second-order valence-corrected chi connectivity index (χ2v) is 6.25. The minimum Gasteiger partial charge on any atom is -0.493 e. The summed E-state index contributed by atoms with van der Waals surface area (Å²) in [5.74, 6) is -1.26. The molecule has 3 atom stereocenters. The molecule has 4 nitrogen and oxygen atoms in total. The van der Waals surface area contributed by atoms with Crippen LogP contribution in [0.2, 0.25) is 0 Å². The molecule has 0 N–H and O–H groups in total. The first-order chi connectivity index (χ1) is 10.1. The first kappa shape index (κ1) is 12.7. The van der Waals surface area contributed by atoms with Crippen LogP contribution in [0.4, 0.5) is 0 Å². The van der Waals surface area contributed by atoms with E-state index in [-0.39, 0.29) is 11.8 Å². The number of ether oxygens (including phenoxy) is 1. The third kappa shape index (κ3) is 1.85. The van der Waals surface area contributed by atoms with Crippen molar-refractivity contribution in [3.63, 3.8) is 0 Å². The molecule has 0 spiro atoms. The molecule has 108 valence electrons. The second-order valence-electron chi connectivity index (χ2n) is 6.25. The average Bonchev–Trinajstić information content (AvgIpc) is 3.06. The van der Waals surface area contributed by atoms with Crippen molar-refractivity contribution in [3.8, 4) is 5.75 Å². The van der Waals surface area contributed by atoms with Crippen LogP contribution in [0, 0.1) is 11.8 Å². The van der Waals surface area contributed by atoms with E-state index in [1.807, 2.05) is 0 Å². The first-order valence-electron chi connectivity index (χ1n) is 7.53. The van der Waals surface area contributed by atoms with Gasteiger partial charge in [-0.2, -0.15) is 0 Å². The Morgan fingerprint density at radius 1 is 1.00 bits per heavy atom. The number of fused-ring (bicyclic) bond motifs is 2. The van der Waals surface area contributed by atoms with Crippen molar-refractivity contribution in [2.24, 2.45) is 11.8 Å². The van der Waals surface area contributed by atoms with Crippen molar-refractivity contribution in [2.75, 3.05) is 6.61 Å². The highest BCUT2D eigenvalue weighted by Gasteiger charge is 2.51. The molecule has 1 aliphatic heterocycles. The summed E-state index contributed by atoms with van der Waals surface area (Å²) < 4.78 is 5.60. The number of hydrogen-bond acceptors (Lipinski definition) is 4. The summed E-state index contributed by atoms with van der Waals surface area (Å²) in [4.78, 5) is 35.2. The molecule has 21 heavy (non-hydrogen) atoms. The van der Waals surface area contributed by atoms with Crippen LogP contribution in [0.15, 0.2) is 18.2 Å². The quantitative estimate of drug-likeness (QED) is 0.738. The molecule has 0 radical (unpaired) electrons. The minimum absolute atomic E-state index is 0.239. The van der Waals surface area contributed by atoms with Gasteiger partial charge in [-0.05, 0) is 42.4 Å². The average molecular weight is 284 g/mol. The van der Waals surface area contributed by atoms with Crippen LogP contribution in [0.1, 0.15) is 36.3 Å². The van der Waals surface area contributed by atoms with Gasteiger partial charge in [0.05, 0.1) is 6.61 Å². The van der Waals surface area contributed by atoms with Crippen LogP contribution < -0.4 is 4.74 Å². The van der Waals surface area contributed by atoms with E-state index in [9.17, 15) is 14.4 Å². The van der Waals surface area contributed by atoms with Crippen LogP contribution in [0.3, 0.4) is 0 Å². The van der Waals surface area contributed by atoms with Gasteiger partial charge < -0.3 is 4.74 Å². The van der Waals surface area contributed by atoms with E-state index >= 15 is 0 Å². The van der Waals surface area contributed by atoms with Gasteiger partial charge in [-0.1, -0.05) is 12.1 Å². The summed E-state index contributed by atoms with van der Waals surface area (Å²) in [5.41, 5.74) is 2.39. The van der Waals surface area contributed by atoms with Gasteiger partial charge in [-0.3, -0.25) is 14.4 Å². The SMILES string of the molecule is O=C1C(=O)C2CCC(c3ccc4c(c3)OCC4)CC2C1=O. The maximum absolute atomic E-state index is 11.9. The third-order valence-electron chi connectivity index (χ3n) is 5.16. The Kier molecular flexibility index (Phi) is 2.74. The molecule has 2 aliphatic carbocycles. The molecule has 0 amide bonds.